The normalized spacial score (nSPS) is 25.3. The molecule has 0 heterocycles. The summed E-state index contributed by atoms with van der Waals surface area (Å²) in [4.78, 5) is 0. The standard InChI is InChI=1S/C17H26BrN/c1-4-13-6-8-14(9-7-13)17(19-3)15-11-12(2)5-10-16(15)18/h5,10-11,13-14,17,19H,4,6-9H2,1-3H3. The van der Waals surface area contributed by atoms with Crippen LogP contribution in [0.15, 0.2) is 22.7 Å². The SMILES string of the molecule is CCC1CCC(C(NC)c2cc(C)ccc2Br)CC1. The zero-order valence-corrected chi connectivity index (χ0v) is 14.0. The molecule has 1 aliphatic rings. The second-order valence-corrected chi connectivity index (χ2v) is 6.83. The summed E-state index contributed by atoms with van der Waals surface area (Å²) in [6.07, 6.45) is 6.89. The number of hydrogen-bond acceptors (Lipinski definition) is 1. The quantitative estimate of drug-likeness (QED) is 0.799. The molecule has 1 unspecified atom stereocenters. The Balaban J connectivity index is 2.14. The van der Waals surface area contributed by atoms with Crippen molar-refractivity contribution in [2.75, 3.05) is 7.05 Å². The Morgan fingerprint density at radius 2 is 1.95 bits per heavy atom. The van der Waals surface area contributed by atoms with Crippen molar-refractivity contribution in [3.63, 3.8) is 0 Å². The first-order chi connectivity index (χ1) is 9.15. The first kappa shape index (κ1) is 15.1. The molecule has 1 saturated carbocycles. The van der Waals surface area contributed by atoms with Crippen LogP contribution >= 0.6 is 15.9 Å². The molecule has 1 N–H and O–H groups in total. The van der Waals surface area contributed by atoms with Crippen molar-refractivity contribution in [2.45, 2.75) is 52.0 Å². The molecule has 1 nitrogen and oxygen atoms in total. The average Bonchev–Trinajstić information content (AvgIpc) is 2.44. The number of aryl methyl sites for hydroxylation is 1. The van der Waals surface area contributed by atoms with Crippen molar-refractivity contribution in [1.29, 1.82) is 0 Å². The number of nitrogens with one attached hydrogen (secondary N) is 1. The van der Waals surface area contributed by atoms with Gasteiger partial charge in [-0.2, -0.15) is 0 Å². The van der Waals surface area contributed by atoms with Gasteiger partial charge in [-0.25, -0.2) is 0 Å². The van der Waals surface area contributed by atoms with Gasteiger partial charge in [0, 0.05) is 10.5 Å². The summed E-state index contributed by atoms with van der Waals surface area (Å²) in [5, 5.41) is 3.56. The van der Waals surface area contributed by atoms with Crippen LogP contribution in [0.5, 0.6) is 0 Å². The maximum Gasteiger partial charge on any atom is 0.0357 e. The number of rotatable bonds is 4. The van der Waals surface area contributed by atoms with Crippen LogP contribution in [0.4, 0.5) is 0 Å². The van der Waals surface area contributed by atoms with Gasteiger partial charge in [0.25, 0.3) is 0 Å². The Hall–Kier alpha value is -0.340. The summed E-state index contributed by atoms with van der Waals surface area (Å²) < 4.78 is 1.25. The molecule has 0 aliphatic heterocycles. The van der Waals surface area contributed by atoms with Crippen molar-refractivity contribution in [3.05, 3.63) is 33.8 Å². The third-order valence-electron chi connectivity index (χ3n) is 4.74. The second kappa shape index (κ2) is 6.90. The van der Waals surface area contributed by atoms with Gasteiger partial charge in [0.05, 0.1) is 0 Å². The lowest BCUT2D eigenvalue weighted by molar-refractivity contribution is 0.224. The average molecular weight is 324 g/mol. The second-order valence-electron chi connectivity index (χ2n) is 5.98. The Kier molecular flexibility index (Phi) is 5.47. The zero-order valence-electron chi connectivity index (χ0n) is 12.4. The zero-order chi connectivity index (χ0) is 13.8. The molecule has 1 fully saturated rings. The van der Waals surface area contributed by atoms with Crippen molar-refractivity contribution in [2.24, 2.45) is 11.8 Å². The Bertz CT molecular complexity index is 408. The van der Waals surface area contributed by atoms with Gasteiger partial charge < -0.3 is 5.32 Å². The summed E-state index contributed by atoms with van der Waals surface area (Å²) in [5.74, 6) is 1.75. The molecule has 1 aromatic carbocycles. The maximum atomic E-state index is 3.72. The van der Waals surface area contributed by atoms with E-state index in [-0.39, 0.29) is 0 Å². The van der Waals surface area contributed by atoms with Crippen LogP contribution in [0.1, 0.15) is 56.2 Å². The minimum Gasteiger partial charge on any atom is -0.313 e. The molecular formula is C17H26BrN. The Morgan fingerprint density at radius 1 is 1.26 bits per heavy atom. The van der Waals surface area contributed by atoms with E-state index < -0.39 is 0 Å². The molecule has 1 aliphatic carbocycles. The highest BCUT2D eigenvalue weighted by Crippen LogP contribution is 2.39. The van der Waals surface area contributed by atoms with E-state index in [2.05, 4.69) is 60.3 Å². The first-order valence-corrected chi connectivity index (χ1v) is 8.38. The van der Waals surface area contributed by atoms with E-state index in [1.807, 2.05) is 0 Å². The molecule has 2 heteroatoms. The molecule has 19 heavy (non-hydrogen) atoms. The lowest BCUT2D eigenvalue weighted by Crippen LogP contribution is -2.29. The van der Waals surface area contributed by atoms with Crippen LogP contribution in [0, 0.1) is 18.8 Å². The molecule has 0 radical (unpaired) electrons. The van der Waals surface area contributed by atoms with Gasteiger partial charge >= 0.3 is 0 Å². The molecular weight excluding hydrogens is 298 g/mol. The highest BCUT2D eigenvalue weighted by atomic mass is 79.9. The lowest BCUT2D eigenvalue weighted by atomic mass is 9.76. The highest BCUT2D eigenvalue weighted by molar-refractivity contribution is 9.10. The van der Waals surface area contributed by atoms with Gasteiger partial charge in [0.2, 0.25) is 0 Å². The van der Waals surface area contributed by atoms with Gasteiger partial charge in [0.1, 0.15) is 0 Å². The van der Waals surface area contributed by atoms with Crippen LogP contribution < -0.4 is 5.32 Å². The van der Waals surface area contributed by atoms with Crippen LogP contribution in [0.2, 0.25) is 0 Å². The summed E-state index contributed by atoms with van der Waals surface area (Å²) in [7, 11) is 2.10. The molecule has 1 aromatic rings. The molecule has 106 valence electrons. The molecule has 0 aromatic heterocycles. The lowest BCUT2D eigenvalue weighted by Gasteiger charge is -2.34. The van der Waals surface area contributed by atoms with Crippen LogP contribution in [0.25, 0.3) is 0 Å². The molecule has 0 spiro atoms. The van der Waals surface area contributed by atoms with E-state index in [9.17, 15) is 0 Å². The fourth-order valence-electron chi connectivity index (χ4n) is 3.48. The number of benzene rings is 1. The third-order valence-corrected chi connectivity index (χ3v) is 5.46. The topological polar surface area (TPSA) is 12.0 Å². The van der Waals surface area contributed by atoms with Gasteiger partial charge in [0.15, 0.2) is 0 Å². The molecule has 0 saturated heterocycles. The largest absolute Gasteiger partial charge is 0.313 e. The van der Waals surface area contributed by atoms with Crippen molar-refractivity contribution < 1.29 is 0 Å². The van der Waals surface area contributed by atoms with E-state index in [1.165, 1.54) is 47.7 Å². The van der Waals surface area contributed by atoms with E-state index in [1.54, 1.807) is 0 Å². The summed E-state index contributed by atoms with van der Waals surface area (Å²) in [6, 6.07) is 7.19. The highest BCUT2D eigenvalue weighted by Gasteiger charge is 2.28. The van der Waals surface area contributed by atoms with Crippen LogP contribution in [0.3, 0.4) is 0 Å². The van der Waals surface area contributed by atoms with Gasteiger partial charge in [-0.3, -0.25) is 0 Å². The maximum absolute atomic E-state index is 3.72. The molecule has 0 amide bonds. The summed E-state index contributed by atoms with van der Waals surface area (Å²) >= 11 is 3.72. The molecule has 0 bridgehead atoms. The minimum atomic E-state index is 0.493. The summed E-state index contributed by atoms with van der Waals surface area (Å²) in [6.45, 7) is 4.51. The number of hydrogen-bond donors (Lipinski definition) is 1. The van der Waals surface area contributed by atoms with Crippen LogP contribution in [-0.4, -0.2) is 7.05 Å². The Morgan fingerprint density at radius 3 is 2.53 bits per heavy atom. The van der Waals surface area contributed by atoms with Gasteiger partial charge in [-0.1, -0.05) is 59.8 Å². The van der Waals surface area contributed by atoms with E-state index >= 15 is 0 Å². The van der Waals surface area contributed by atoms with Crippen molar-refractivity contribution in [3.8, 4) is 0 Å². The Labute approximate surface area is 126 Å². The monoisotopic (exact) mass is 323 g/mol. The fraction of sp³-hybridized carbons (Fsp3) is 0.647. The van der Waals surface area contributed by atoms with Crippen molar-refractivity contribution >= 4 is 15.9 Å². The van der Waals surface area contributed by atoms with Crippen molar-refractivity contribution in [1.82, 2.24) is 5.32 Å². The fourth-order valence-corrected chi connectivity index (χ4v) is 3.97. The minimum absolute atomic E-state index is 0.493. The summed E-state index contributed by atoms with van der Waals surface area (Å²) in [5.41, 5.74) is 2.78. The van der Waals surface area contributed by atoms with Gasteiger partial charge in [-0.05, 0) is 50.3 Å². The smallest absolute Gasteiger partial charge is 0.0357 e. The van der Waals surface area contributed by atoms with E-state index in [0.29, 0.717) is 6.04 Å². The predicted octanol–water partition coefficient (Wildman–Crippen LogP) is 5.23. The first-order valence-electron chi connectivity index (χ1n) is 7.59. The predicted molar refractivity (Wildman–Crippen MR) is 86.4 cm³/mol. The molecule has 2 rings (SSSR count). The van der Waals surface area contributed by atoms with Crippen LogP contribution in [-0.2, 0) is 0 Å². The van der Waals surface area contributed by atoms with E-state index in [4.69, 9.17) is 0 Å². The number of halogens is 1. The van der Waals surface area contributed by atoms with E-state index in [0.717, 1.165) is 11.8 Å². The van der Waals surface area contributed by atoms with Gasteiger partial charge in [-0.15, -0.1) is 0 Å². The third kappa shape index (κ3) is 3.61. The molecule has 1 atom stereocenters.